The van der Waals surface area contributed by atoms with Crippen molar-refractivity contribution in [2.24, 2.45) is 5.92 Å². The van der Waals surface area contributed by atoms with Crippen molar-refractivity contribution in [3.8, 4) is 0 Å². The lowest BCUT2D eigenvalue weighted by atomic mass is 10.1. The van der Waals surface area contributed by atoms with Gasteiger partial charge in [0.1, 0.15) is 0 Å². The van der Waals surface area contributed by atoms with Crippen molar-refractivity contribution in [2.75, 3.05) is 18.1 Å². The van der Waals surface area contributed by atoms with Crippen LogP contribution in [0.1, 0.15) is 25.8 Å². The smallest absolute Gasteiger partial charge is 0.311 e. The van der Waals surface area contributed by atoms with Gasteiger partial charge in [-0.05, 0) is 25.0 Å². The Labute approximate surface area is 128 Å². The Bertz CT molecular complexity index is 614. The summed E-state index contributed by atoms with van der Waals surface area (Å²) in [4.78, 5) is 35.8. The summed E-state index contributed by atoms with van der Waals surface area (Å²) in [6.45, 7) is 4.12. The third kappa shape index (κ3) is 3.08. The summed E-state index contributed by atoms with van der Waals surface area (Å²) in [5.74, 6) is -1.02. The number of anilines is 1. The highest BCUT2D eigenvalue weighted by atomic mass is 16.6. The number of hydrogen-bond acceptors (Lipinski definition) is 5. The summed E-state index contributed by atoms with van der Waals surface area (Å²) < 4.78 is 4.96. The summed E-state index contributed by atoms with van der Waals surface area (Å²) >= 11 is 0. The van der Waals surface area contributed by atoms with Gasteiger partial charge < -0.3 is 9.64 Å². The van der Waals surface area contributed by atoms with Crippen LogP contribution in [-0.4, -0.2) is 30.0 Å². The molecular formula is C15H18N2O5. The van der Waals surface area contributed by atoms with Crippen LogP contribution >= 0.6 is 0 Å². The standard InChI is InChI=1S/C15H18N2O5/c1-3-10-7-12(17(20)21)5-6-13(10)16-9-11(8-14(16)18)15(19)22-4-2/h5-7,11H,3-4,8-9H2,1-2H3/t11-/m0/s1. The fourth-order valence-electron chi connectivity index (χ4n) is 2.59. The number of esters is 1. The van der Waals surface area contributed by atoms with Crippen LogP contribution in [0.5, 0.6) is 0 Å². The molecule has 7 nitrogen and oxygen atoms in total. The van der Waals surface area contributed by atoms with Crippen molar-refractivity contribution >= 4 is 23.3 Å². The molecule has 1 heterocycles. The topological polar surface area (TPSA) is 89.8 Å². The van der Waals surface area contributed by atoms with Crippen molar-refractivity contribution < 1.29 is 19.2 Å². The molecule has 0 saturated carbocycles. The van der Waals surface area contributed by atoms with Gasteiger partial charge in [-0.1, -0.05) is 6.92 Å². The van der Waals surface area contributed by atoms with Gasteiger partial charge in [0.05, 0.1) is 17.4 Å². The molecule has 1 saturated heterocycles. The Balaban J connectivity index is 2.26. The van der Waals surface area contributed by atoms with E-state index in [4.69, 9.17) is 4.74 Å². The van der Waals surface area contributed by atoms with E-state index in [1.807, 2.05) is 6.92 Å². The van der Waals surface area contributed by atoms with Crippen molar-refractivity contribution in [2.45, 2.75) is 26.7 Å². The molecule has 22 heavy (non-hydrogen) atoms. The fourth-order valence-corrected chi connectivity index (χ4v) is 2.59. The molecule has 0 spiro atoms. The van der Waals surface area contributed by atoms with Gasteiger partial charge in [-0.3, -0.25) is 19.7 Å². The Hall–Kier alpha value is -2.44. The lowest BCUT2D eigenvalue weighted by Crippen LogP contribution is -2.27. The average Bonchev–Trinajstić information content (AvgIpc) is 2.88. The Morgan fingerprint density at radius 1 is 1.45 bits per heavy atom. The minimum Gasteiger partial charge on any atom is -0.466 e. The van der Waals surface area contributed by atoms with E-state index in [1.165, 1.54) is 17.0 Å². The predicted molar refractivity (Wildman–Crippen MR) is 79.6 cm³/mol. The highest BCUT2D eigenvalue weighted by Gasteiger charge is 2.36. The monoisotopic (exact) mass is 306 g/mol. The van der Waals surface area contributed by atoms with E-state index in [2.05, 4.69) is 0 Å². The van der Waals surface area contributed by atoms with E-state index in [9.17, 15) is 19.7 Å². The lowest BCUT2D eigenvalue weighted by molar-refractivity contribution is -0.384. The number of nitro benzene ring substituents is 1. The number of carbonyl (C=O) groups is 2. The minimum atomic E-state index is -0.479. The van der Waals surface area contributed by atoms with Crippen molar-refractivity contribution in [1.82, 2.24) is 0 Å². The molecule has 0 unspecified atom stereocenters. The zero-order valence-electron chi connectivity index (χ0n) is 12.6. The van der Waals surface area contributed by atoms with Gasteiger partial charge in [-0.15, -0.1) is 0 Å². The van der Waals surface area contributed by atoms with Gasteiger partial charge in [-0.2, -0.15) is 0 Å². The first-order valence-electron chi connectivity index (χ1n) is 7.22. The SMILES string of the molecule is CCOC(=O)[C@H]1CC(=O)N(c2ccc([N+](=O)[O-])cc2CC)C1. The summed E-state index contributed by atoms with van der Waals surface area (Å²) in [6.07, 6.45) is 0.670. The summed E-state index contributed by atoms with van der Waals surface area (Å²) in [7, 11) is 0. The van der Waals surface area contributed by atoms with Crippen molar-refractivity contribution in [3.63, 3.8) is 0 Å². The number of hydrogen-bond donors (Lipinski definition) is 0. The molecule has 2 rings (SSSR count). The highest BCUT2D eigenvalue weighted by molar-refractivity contribution is 6.00. The van der Waals surface area contributed by atoms with E-state index in [-0.39, 0.29) is 37.1 Å². The Kier molecular flexibility index (Phi) is 4.75. The van der Waals surface area contributed by atoms with Gasteiger partial charge >= 0.3 is 5.97 Å². The van der Waals surface area contributed by atoms with Crippen LogP contribution in [0.2, 0.25) is 0 Å². The number of nitrogens with zero attached hydrogens (tertiary/aromatic N) is 2. The fraction of sp³-hybridized carbons (Fsp3) is 0.467. The van der Waals surface area contributed by atoms with Gasteiger partial charge in [0, 0.05) is 30.8 Å². The minimum absolute atomic E-state index is 0.00538. The molecule has 1 atom stereocenters. The second-order valence-corrected chi connectivity index (χ2v) is 5.08. The molecule has 0 aromatic heterocycles. The van der Waals surface area contributed by atoms with Crippen LogP contribution in [0.3, 0.4) is 0 Å². The predicted octanol–water partition coefficient (Wildman–Crippen LogP) is 2.07. The quantitative estimate of drug-likeness (QED) is 0.472. The van der Waals surface area contributed by atoms with E-state index >= 15 is 0 Å². The Morgan fingerprint density at radius 2 is 2.18 bits per heavy atom. The highest BCUT2D eigenvalue weighted by Crippen LogP contribution is 2.31. The largest absolute Gasteiger partial charge is 0.466 e. The van der Waals surface area contributed by atoms with E-state index in [0.717, 1.165) is 0 Å². The maximum Gasteiger partial charge on any atom is 0.311 e. The number of carbonyl (C=O) groups excluding carboxylic acids is 2. The van der Waals surface area contributed by atoms with Crippen LogP contribution in [0.15, 0.2) is 18.2 Å². The first-order chi connectivity index (χ1) is 10.5. The first-order valence-corrected chi connectivity index (χ1v) is 7.22. The normalized spacial score (nSPS) is 17.6. The molecule has 1 aromatic rings. The van der Waals surface area contributed by atoms with Crippen LogP contribution in [0.25, 0.3) is 0 Å². The molecule has 1 aliphatic rings. The molecular weight excluding hydrogens is 288 g/mol. The van der Waals surface area contributed by atoms with E-state index < -0.39 is 10.8 Å². The number of non-ortho nitro benzene ring substituents is 1. The zero-order valence-corrected chi connectivity index (χ0v) is 12.6. The molecule has 118 valence electrons. The molecule has 0 radical (unpaired) electrons. The molecule has 0 bridgehead atoms. The number of aryl methyl sites for hydroxylation is 1. The second kappa shape index (κ2) is 6.55. The Morgan fingerprint density at radius 3 is 2.77 bits per heavy atom. The van der Waals surface area contributed by atoms with Crippen LogP contribution in [0.4, 0.5) is 11.4 Å². The maximum absolute atomic E-state index is 12.2. The number of ether oxygens (including phenoxy) is 1. The first kappa shape index (κ1) is 15.9. The van der Waals surface area contributed by atoms with Gasteiger partial charge in [0.25, 0.3) is 5.69 Å². The lowest BCUT2D eigenvalue weighted by Gasteiger charge is -2.19. The number of amides is 1. The van der Waals surface area contributed by atoms with Crippen molar-refractivity contribution in [3.05, 3.63) is 33.9 Å². The number of nitro groups is 1. The molecule has 1 aliphatic heterocycles. The maximum atomic E-state index is 12.2. The van der Waals surface area contributed by atoms with Gasteiger partial charge in [0.15, 0.2) is 0 Å². The zero-order chi connectivity index (χ0) is 16.3. The molecule has 1 fully saturated rings. The van der Waals surface area contributed by atoms with Crippen LogP contribution < -0.4 is 4.90 Å². The molecule has 7 heteroatoms. The van der Waals surface area contributed by atoms with E-state index in [1.54, 1.807) is 13.0 Å². The van der Waals surface area contributed by atoms with Gasteiger partial charge in [0.2, 0.25) is 5.91 Å². The molecule has 0 N–H and O–H groups in total. The van der Waals surface area contributed by atoms with Crippen LogP contribution in [-0.2, 0) is 20.7 Å². The third-order valence-electron chi connectivity index (χ3n) is 3.69. The molecule has 1 amide bonds. The van der Waals surface area contributed by atoms with E-state index in [0.29, 0.717) is 17.7 Å². The summed E-state index contributed by atoms with van der Waals surface area (Å²) in [6, 6.07) is 4.42. The average molecular weight is 306 g/mol. The second-order valence-electron chi connectivity index (χ2n) is 5.08. The van der Waals surface area contributed by atoms with Crippen molar-refractivity contribution in [1.29, 1.82) is 0 Å². The summed E-state index contributed by atoms with van der Waals surface area (Å²) in [5.41, 5.74) is 1.34. The number of rotatable bonds is 5. The number of benzene rings is 1. The molecule has 0 aliphatic carbocycles. The third-order valence-corrected chi connectivity index (χ3v) is 3.69. The van der Waals surface area contributed by atoms with Crippen LogP contribution in [0, 0.1) is 16.0 Å². The summed E-state index contributed by atoms with van der Waals surface area (Å²) in [5, 5.41) is 10.8. The van der Waals surface area contributed by atoms with Gasteiger partial charge in [-0.25, -0.2) is 0 Å². The molecule has 1 aromatic carbocycles.